The van der Waals surface area contributed by atoms with E-state index < -0.39 is 0 Å². The Bertz CT molecular complexity index is 1510. The Morgan fingerprint density at radius 3 is 2.66 bits per heavy atom. The zero-order valence-electron chi connectivity index (χ0n) is 21.1. The molecule has 1 aliphatic rings. The molecule has 0 radical (unpaired) electrons. The van der Waals surface area contributed by atoms with Crippen molar-refractivity contribution in [3.63, 3.8) is 0 Å². The molecule has 1 fully saturated rings. The van der Waals surface area contributed by atoms with Gasteiger partial charge in [-0.25, -0.2) is 9.97 Å². The number of methoxy groups -OCH3 is 1. The van der Waals surface area contributed by atoms with E-state index in [1.807, 2.05) is 48.5 Å². The highest BCUT2D eigenvalue weighted by molar-refractivity contribution is 7.26. The van der Waals surface area contributed by atoms with Gasteiger partial charge in [-0.2, -0.15) is 0 Å². The lowest BCUT2D eigenvalue weighted by atomic mass is 10.2. The van der Waals surface area contributed by atoms with Crippen LogP contribution in [0.15, 0.2) is 72.4 Å². The Morgan fingerprint density at radius 2 is 1.82 bits per heavy atom. The molecule has 0 amide bonds. The van der Waals surface area contributed by atoms with Crippen molar-refractivity contribution in [1.82, 2.24) is 14.9 Å². The predicted octanol–water partition coefficient (Wildman–Crippen LogP) is 6.58. The Balaban J connectivity index is 1.16. The minimum absolute atomic E-state index is 0.480. The maximum Gasteiger partial charge on any atom is 0.151 e. The average Bonchev–Trinajstić information content (AvgIpc) is 3.61. The smallest absolute Gasteiger partial charge is 0.151 e. The normalized spacial score (nSPS) is 14.0. The number of anilines is 2. The molecule has 1 saturated heterocycles. The molecule has 4 heterocycles. The molecule has 38 heavy (non-hydrogen) atoms. The number of nitrogens with zero attached hydrogens (tertiary/aromatic N) is 3. The first-order valence-electron chi connectivity index (χ1n) is 12.5. The number of hydrogen-bond donors (Lipinski definition) is 1. The average molecular weight is 545 g/mol. The summed E-state index contributed by atoms with van der Waals surface area (Å²) in [6.07, 6.45) is 1.61. The minimum Gasteiger partial charge on any atom is -0.497 e. The van der Waals surface area contributed by atoms with E-state index in [0.29, 0.717) is 6.61 Å². The SMILES string of the molecule is COc1ccc(COc2cccc(Nc3ncnc4cc(-c5cc(CN6CCOCC6)cs5)sc34)c2)cc1. The first-order valence-corrected chi connectivity index (χ1v) is 14.2. The van der Waals surface area contributed by atoms with Gasteiger partial charge >= 0.3 is 0 Å². The summed E-state index contributed by atoms with van der Waals surface area (Å²) in [5.74, 6) is 2.42. The third-order valence-corrected chi connectivity index (χ3v) is 8.68. The number of rotatable bonds is 9. The van der Waals surface area contributed by atoms with Gasteiger partial charge in [-0.3, -0.25) is 4.90 Å². The van der Waals surface area contributed by atoms with Gasteiger partial charge in [0.1, 0.15) is 24.4 Å². The Kier molecular flexibility index (Phi) is 7.50. The standard InChI is InChI=1S/C29H28N4O3S2/c1-34-23-7-5-20(6-8-23)17-36-24-4-2-3-22(14-24)32-29-28-25(30-19-31-29)15-27(38-28)26-13-21(18-37-26)16-33-9-11-35-12-10-33/h2-8,13-15,18-19H,9-12,16-17H2,1H3,(H,30,31,32). The molecule has 0 saturated carbocycles. The van der Waals surface area contributed by atoms with E-state index >= 15 is 0 Å². The maximum absolute atomic E-state index is 6.03. The Morgan fingerprint density at radius 1 is 0.947 bits per heavy atom. The number of morpholine rings is 1. The van der Waals surface area contributed by atoms with Crippen molar-refractivity contribution in [1.29, 1.82) is 0 Å². The molecule has 7 nitrogen and oxygen atoms in total. The molecular formula is C29H28N4O3S2. The van der Waals surface area contributed by atoms with E-state index in [1.165, 1.54) is 15.3 Å². The van der Waals surface area contributed by atoms with Crippen molar-refractivity contribution in [3.05, 3.63) is 83.5 Å². The van der Waals surface area contributed by atoms with Crippen LogP contribution in [-0.2, 0) is 17.9 Å². The van der Waals surface area contributed by atoms with Crippen LogP contribution in [0.5, 0.6) is 11.5 Å². The second-order valence-electron chi connectivity index (χ2n) is 9.04. The molecule has 0 unspecified atom stereocenters. The van der Waals surface area contributed by atoms with Crippen LogP contribution in [0.1, 0.15) is 11.1 Å². The van der Waals surface area contributed by atoms with Crippen LogP contribution >= 0.6 is 22.7 Å². The fourth-order valence-electron chi connectivity index (χ4n) is 4.36. The van der Waals surface area contributed by atoms with Crippen molar-refractivity contribution >= 4 is 44.4 Å². The summed E-state index contributed by atoms with van der Waals surface area (Å²) in [5, 5.41) is 5.73. The van der Waals surface area contributed by atoms with E-state index in [-0.39, 0.29) is 0 Å². The summed E-state index contributed by atoms with van der Waals surface area (Å²) in [6.45, 7) is 5.07. The predicted molar refractivity (Wildman–Crippen MR) is 154 cm³/mol. The van der Waals surface area contributed by atoms with Crippen LogP contribution in [0.25, 0.3) is 20.0 Å². The van der Waals surface area contributed by atoms with Gasteiger partial charge in [0.25, 0.3) is 0 Å². The van der Waals surface area contributed by atoms with Crippen molar-refractivity contribution in [2.75, 3.05) is 38.7 Å². The third kappa shape index (κ3) is 5.81. The van der Waals surface area contributed by atoms with Gasteiger partial charge in [0.15, 0.2) is 5.82 Å². The second kappa shape index (κ2) is 11.5. The molecule has 1 aliphatic heterocycles. The third-order valence-electron chi connectivity index (χ3n) is 6.38. The summed E-state index contributed by atoms with van der Waals surface area (Å²) >= 11 is 3.50. The number of nitrogens with one attached hydrogen (secondary N) is 1. The second-order valence-corrected chi connectivity index (χ2v) is 11.0. The summed E-state index contributed by atoms with van der Waals surface area (Å²) in [4.78, 5) is 14.0. The molecule has 6 rings (SSSR count). The van der Waals surface area contributed by atoms with E-state index in [2.05, 4.69) is 37.7 Å². The summed E-state index contributed by atoms with van der Waals surface area (Å²) < 4.78 is 17.8. The summed E-state index contributed by atoms with van der Waals surface area (Å²) in [6, 6.07) is 20.3. The lowest BCUT2D eigenvalue weighted by Gasteiger charge is -2.26. The van der Waals surface area contributed by atoms with Gasteiger partial charge in [0.2, 0.25) is 0 Å². The molecule has 5 aromatic rings. The highest BCUT2D eigenvalue weighted by Crippen LogP contribution is 2.39. The van der Waals surface area contributed by atoms with Gasteiger partial charge in [-0.15, -0.1) is 22.7 Å². The van der Waals surface area contributed by atoms with E-state index in [0.717, 1.165) is 71.6 Å². The fraction of sp³-hybridized carbons (Fsp3) is 0.241. The summed E-state index contributed by atoms with van der Waals surface area (Å²) in [7, 11) is 1.66. The molecule has 0 atom stereocenters. The summed E-state index contributed by atoms with van der Waals surface area (Å²) in [5.41, 5.74) is 4.28. The van der Waals surface area contributed by atoms with E-state index in [4.69, 9.17) is 14.2 Å². The van der Waals surface area contributed by atoms with E-state index in [1.54, 1.807) is 36.1 Å². The van der Waals surface area contributed by atoms with Crippen molar-refractivity contribution in [2.45, 2.75) is 13.2 Å². The maximum atomic E-state index is 6.03. The minimum atomic E-state index is 0.480. The zero-order chi connectivity index (χ0) is 25.7. The molecule has 0 bridgehead atoms. The monoisotopic (exact) mass is 544 g/mol. The van der Waals surface area contributed by atoms with Crippen molar-refractivity contribution in [2.24, 2.45) is 0 Å². The van der Waals surface area contributed by atoms with Crippen molar-refractivity contribution < 1.29 is 14.2 Å². The van der Waals surface area contributed by atoms with E-state index in [9.17, 15) is 0 Å². The highest BCUT2D eigenvalue weighted by Gasteiger charge is 2.15. The quantitative estimate of drug-likeness (QED) is 0.225. The fourth-order valence-corrected chi connectivity index (χ4v) is 6.41. The molecule has 3 aromatic heterocycles. The number of fused-ring (bicyclic) bond motifs is 1. The highest BCUT2D eigenvalue weighted by atomic mass is 32.1. The number of benzene rings is 2. The van der Waals surface area contributed by atoms with Crippen LogP contribution in [0.4, 0.5) is 11.5 Å². The molecule has 194 valence electrons. The number of thiophene rings is 2. The Labute approximate surface area is 229 Å². The number of hydrogen-bond acceptors (Lipinski definition) is 9. The number of aromatic nitrogens is 2. The van der Waals surface area contributed by atoms with Crippen LogP contribution in [-0.4, -0.2) is 48.3 Å². The van der Waals surface area contributed by atoms with Gasteiger partial charge in [0, 0.05) is 41.1 Å². The van der Waals surface area contributed by atoms with Crippen LogP contribution in [0.3, 0.4) is 0 Å². The lowest BCUT2D eigenvalue weighted by molar-refractivity contribution is 0.0342. The number of ether oxygens (including phenoxy) is 3. The van der Waals surface area contributed by atoms with Crippen LogP contribution in [0, 0.1) is 0 Å². The first kappa shape index (κ1) is 24.8. The van der Waals surface area contributed by atoms with Gasteiger partial charge in [-0.1, -0.05) is 18.2 Å². The van der Waals surface area contributed by atoms with Gasteiger partial charge in [-0.05, 0) is 52.9 Å². The van der Waals surface area contributed by atoms with Gasteiger partial charge in [0.05, 0.1) is 30.5 Å². The molecular weight excluding hydrogens is 516 g/mol. The molecule has 2 aromatic carbocycles. The molecule has 9 heteroatoms. The lowest BCUT2D eigenvalue weighted by Crippen LogP contribution is -2.35. The topological polar surface area (TPSA) is 68.7 Å². The van der Waals surface area contributed by atoms with Crippen LogP contribution < -0.4 is 14.8 Å². The largest absolute Gasteiger partial charge is 0.497 e. The van der Waals surface area contributed by atoms with Crippen LogP contribution in [0.2, 0.25) is 0 Å². The zero-order valence-corrected chi connectivity index (χ0v) is 22.7. The molecule has 1 N–H and O–H groups in total. The molecule has 0 aliphatic carbocycles. The first-order chi connectivity index (χ1) is 18.7. The molecule has 0 spiro atoms. The Hall–Kier alpha value is -3.50. The van der Waals surface area contributed by atoms with Crippen molar-refractivity contribution in [3.8, 4) is 21.3 Å². The van der Waals surface area contributed by atoms with Gasteiger partial charge < -0.3 is 19.5 Å².